The van der Waals surface area contributed by atoms with Crippen molar-refractivity contribution in [1.29, 1.82) is 5.26 Å². The molecule has 0 unspecified atom stereocenters. The smallest absolute Gasteiger partial charge is 0.134 e. The maximum atomic E-state index is 9.69. The fraction of sp³-hybridized carbons (Fsp3) is 0. The van der Waals surface area contributed by atoms with E-state index < -0.39 is 0 Å². The fourth-order valence-corrected chi connectivity index (χ4v) is 4.18. The maximum Gasteiger partial charge on any atom is 0.134 e. The van der Waals surface area contributed by atoms with Crippen molar-refractivity contribution in [3.63, 3.8) is 0 Å². The molecule has 130 valence electrons. The van der Waals surface area contributed by atoms with Crippen molar-refractivity contribution in [2.45, 2.75) is 0 Å². The van der Waals surface area contributed by atoms with Crippen LogP contribution in [0, 0.1) is 11.3 Å². The molecule has 0 fully saturated rings. The van der Waals surface area contributed by atoms with Crippen LogP contribution in [0.5, 0.6) is 0 Å². The molecule has 1 aromatic heterocycles. The lowest BCUT2D eigenvalue weighted by Crippen LogP contribution is -1.85. The second kappa shape index (κ2) is 7.54. The number of nitriles is 1. The van der Waals surface area contributed by atoms with E-state index in [1.165, 1.54) is 11.3 Å². The van der Waals surface area contributed by atoms with Crippen LogP contribution in [0.3, 0.4) is 0 Å². The molecule has 0 saturated heterocycles. The number of aromatic nitrogens is 1. The van der Waals surface area contributed by atoms with E-state index >= 15 is 0 Å². The number of nitrogens with zero attached hydrogens (tertiary/aromatic N) is 2. The third-order valence-electron chi connectivity index (χ3n) is 4.19. The molecule has 3 aromatic carbocycles. The summed E-state index contributed by atoms with van der Waals surface area (Å²) in [4.78, 5) is 4.62. The lowest BCUT2D eigenvalue weighted by Gasteiger charge is -2.03. The van der Waals surface area contributed by atoms with Crippen LogP contribution in [0.4, 0.5) is 0 Å². The van der Waals surface area contributed by atoms with E-state index in [1.807, 2.05) is 41.8 Å². The number of allylic oxidation sites excluding steroid dienone is 1. The molecule has 5 heteroatoms. The predicted molar refractivity (Wildman–Crippen MR) is 115 cm³/mol. The highest BCUT2D eigenvalue weighted by Crippen LogP contribution is 2.33. The minimum atomic E-state index is 0.521. The first kappa shape index (κ1) is 17.8. The topological polar surface area (TPSA) is 36.7 Å². The highest BCUT2D eigenvalue weighted by atomic mass is 35.5. The molecule has 4 aromatic rings. The maximum absolute atomic E-state index is 9.69. The van der Waals surface area contributed by atoms with Gasteiger partial charge in [-0.3, -0.25) is 0 Å². The van der Waals surface area contributed by atoms with Crippen LogP contribution < -0.4 is 0 Å². The molecule has 0 amide bonds. The largest absolute Gasteiger partial charge is 0.235 e. The van der Waals surface area contributed by atoms with E-state index in [1.54, 1.807) is 12.1 Å². The average molecular weight is 407 g/mol. The van der Waals surface area contributed by atoms with Crippen molar-refractivity contribution >= 4 is 57.0 Å². The average Bonchev–Trinajstić information content (AvgIpc) is 3.15. The van der Waals surface area contributed by atoms with Gasteiger partial charge in [0.2, 0.25) is 0 Å². The van der Waals surface area contributed by atoms with Gasteiger partial charge in [0.05, 0.1) is 16.3 Å². The number of hydrogen-bond donors (Lipinski definition) is 0. The van der Waals surface area contributed by atoms with Crippen molar-refractivity contribution in [3.05, 3.63) is 86.7 Å². The zero-order valence-electron chi connectivity index (χ0n) is 14.0. The Labute approximate surface area is 170 Å². The molecule has 0 bridgehead atoms. The molecule has 4 rings (SSSR count). The zero-order valence-corrected chi connectivity index (χ0v) is 16.3. The molecule has 0 saturated carbocycles. The SMILES string of the molecule is N#CC(=Cc1cccc2ccccc12)c1nc(-c2ccc(Cl)cc2Cl)cs1. The standard InChI is InChI=1S/C22H12Cl2N2S/c23-17-8-9-19(20(24)11-17)21-13-27-22(26-21)16(12-25)10-15-6-3-5-14-4-1-2-7-18(14)15/h1-11,13H. The summed E-state index contributed by atoms with van der Waals surface area (Å²) < 4.78 is 0. The molecule has 0 spiro atoms. The second-order valence-corrected chi connectivity index (χ2v) is 7.60. The number of thiazole rings is 1. The molecule has 0 aliphatic carbocycles. The van der Waals surface area contributed by atoms with Crippen molar-refractivity contribution in [1.82, 2.24) is 4.98 Å². The molecule has 0 N–H and O–H groups in total. The van der Waals surface area contributed by atoms with Gasteiger partial charge in [-0.05, 0) is 40.6 Å². The van der Waals surface area contributed by atoms with Gasteiger partial charge in [-0.25, -0.2) is 4.98 Å². The van der Waals surface area contributed by atoms with E-state index in [-0.39, 0.29) is 0 Å². The second-order valence-electron chi connectivity index (χ2n) is 5.90. The fourth-order valence-electron chi connectivity index (χ4n) is 2.89. The van der Waals surface area contributed by atoms with Gasteiger partial charge in [0.1, 0.15) is 11.1 Å². The lowest BCUT2D eigenvalue weighted by atomic mass is 10.0. The van der Waals surface area contributed by atoms with E-state index in [0.717, 1.165) is 27.6 Å². The summed E-state index contributed by atoms with van der Waals surface area (Å²) in [5.74, 6) is 0. The van der Waals surface area contributed by atoms with Crippen LogP contribution in [0.25, 0.3) is 33.7 Å². The van der Waals surface area contributed by atoms with Crippen LogP contribution >= 0.6 is 34.5 Å². The predicted octanol–water partition coefficient (Wildman–Crippen LogP) is 7.33. The van der Waals surface area contributed by atoms with Gasteiger partial charge >= 0.3 is 0 Å². The van der Waals surface area contributed by atoms with Crippen LogP contribution in [-0.4, -0.2) is 4.98 Å². The van der Waals surface area contributed by atoms with Crippen LogP contribution in [0.1, 0.15) is 10.6 Å². The molecular weight excluding hydrogens is 395 g/mol. The Balaban J connectivity index is 1.77. The van der Waals surface area contributed by atoms with Crippen molar-refractivity contribution in [2.24, 2.45) is 0 Å². The van der Waals surface area contributed by atoms with Gasteiger partial charge in [0.15, 0.2) is 0 Å². The monoisotopic (exact) mass is 406 g/mol. The quantitative estimate of drug-likeness (QED) is 0.333. The molecule has 0 aliphatic heterocycles. The summed E-state index contributed by atoms with van der Waals surface area (Å²) in [6.07, 6.45) is 1.88. The van der Waals surface area contributed by atoms with E-state index in [0.29, 0.717) is 20.6 Å². The van der Waals surface area contributed by atoms with Gasteiger partial charge in [-0.15, -0.1) is 11.3 Å². The molecule has 0 radical (unpaired) electrons. The van der Waals surface area contributed by atoms with E-state index in [2.05, 4.69) is 29.3 Å². The normalized spacial score (nSPS) is 11.5. The summed E-state index contributed by atoms with van der Waals surface area (Å²) >= 11 is 13.7. The molecule has 0 aliphatic rings. The Bertz CT molecular complexity index is 1210. The summed E-state index contributed by atoms with van der Waals surface area (Å²) in [5.41, 5.74) is 3.04. The Morgan fingerprint density at radius 3 is 2.67 bits per heavy atom. The lowest BCUT2D eigenvalue weighted by molar-refractivity contribution is 1.37. The molecule has 27 heavy (non-hydrogen) atoms. The van der Waals surface area contributed by atoms with Crippen LogP contribution in [0.15, 0.2) is 66.0 Å². The number of hydrogen-bond acceptors (Lipinski definition) is 3. The number of fused-ring (bicyclic) bond motifs is 1. The molecule has 2 nitrogen and oxygen atoms in total. The van der Waals surface area contributed by atoms with Crippen molar-refractivity contribution in [3.8, 4) is 17.3 Å². The van der Waals surface area contributed by atoms with Gasteiger partial charge in [0.25, 0.3) is 0 Å². The summed E-state index contributed by atoms with van der Waals surface area (Å²) in [5, 5.41) is 15.6. The first-order valence-corrected chi connectivity index (χ1v) is 9.80. The van der Waals surface area contributed by atoms with Gasteiger partial charge < -0.3 is 0 Å². The number of halogens is 2. The van der Waals surface area contributed by atoms with Crippen molar-refractivity contribution < 1.29 is 0 Å². The van der Waals surface area contributed by atoms with Gasteiger partial charge in [-0.1, -0.05) is 65.7 Å². The molecule has 0 atom stereocenters. The Hall–Kier alpha value is -2.64. The molecule has 1 heterocycles. The minimum Gasteiger partial charge on any atom is -0.235 e. The minimum absolute atomic E-state index is 0.521. The van der Waals surface area contributed by atoms with Gasteiger partial charge in [0, 0.05) is 16.0 Å². The molecular formula is C22H12Cl2N2S. The summed E-state index contributed by atoms with van der Waals surface area (Å²) in [6, 6.07) is 21.7. The highest BCUT2D eigenvalue weighted by Gasteiger charge is 2.12. The van der Waals surface area contributed by atoms with E-state index in [4.69, 9.17) is 23.2 Å². The third-order valence-corrected chi connectivity index (χ3v) is 5.61. The summed E-state index contributed by atoms with van der Waals surface area (Å²) in [6.45, 7) is 0. The Morgan fingerprint density at radius 1 is 1.04 bits per heavy atom. The third kappa shape index (κ3) is 3.61. The first-order chi connectivity index (χ1) is 13.2. The Kier molecular flexibility index (Phi) is 4.96. The Morgan fingerprint density at radius 2 is 1.85 bits per heavy atom. The first-order valence-electron chi connectivity index (χ1n) is 8.16. The van der Waals surface area contributed by atoms with Gasteiger partial charge in [-0.2, -0.15) is 5.26 Å². The highest BCUT2D eigenvalue weighted by molar-refractivity contribution is 7.11. The number of rotatable bonds is 3. The van der Waals surface area contributed by atoms with Crippen LogP contribution in [-0.2, 0) is 0 Å². The van der Waals surface area contributed by atoms with E-state index in [9.17, 15) is 5.26 Å². The van der Waals surface area contributed by atoms with Crippen molar-refractivity contribution in [2.75, 3.05) is 0 Å². The van der Waals surface area contributed by atoms with Crippen LogP contribution in [0.2, 0.25) is 10.0 Å². The number of benzene rings is 3. The summed E-state index contributed by atoms with van der Waals surface area (Å²) in [7, 11) is 0. The zero-order chi connectivity index (χ0) is 18.8.